The molecule has 0 saturated heterocycles. The molecule has 3 aromatic carbocycles. The molecule has 0 saturated carbocycles. The standard InChI is InChI=1S/C25H27NO/c1-19(2)22-12-8-20(9-13-22)16-17-26-25(27)18-21-10-14-24(15-11-21)23-6-4-3-5-7-23/h3-15,19H,16-18H2,1-2H3,(H,26,27). The zero-order chi connectivity index (χ0) is 19.1. The summed E-state index contributed by atoms with van der Waals surface area (Å²) in [7, 11) is 0. The van der Waals surface area contributed by atoms with Crippen LogP contribution in [-0.2, 0) is 17.6 Å². The molecule has 0 aliphatic heterocycles. The van der Waals surface area contributed by atoms with E-state index in [1.165, 1.54) is 22.3 Å². The fourth-order valence-electron chi connectivity index (χ4n) is 3.11. The molecule has 27 heavy (non-hydrogen) atoms. The Labute approximate surface area is 162 Å². The second-order valence-electron chi connectivity index (χ2n) is 7.24. The first-order chi connectivity index (χ1) is 13.1. The summed E-state index contributed by atoms with van der Waals surface area (Å²) in [6.45, 7) is 5.06. The van der Waals surface area contributed by atoms with Crippen LogP contribution in [0.3, 0.4) is 0 Å². The van der Waals surface area contributed by atoms with Crippen LogP contribution in [0.2, 0.25) is 0 Å². The zero-order valence-electron chi connectivity index (χ0n) is 16.1. The molecule has 0 aliphatic rings. The maximum absolute atomic E-state index is 12.2. The fourth-order valence-corrected chi connectivity index (χ4v) is 3.11. The number of benzene rings is 3. The van der Waals surface area contributed by atoms with Gasteiger partial charge in [-0.1, -0.05) is 92.7 Å². The number of rotatable bonds is 7. The van der Waals surface area contributed by atoms with Gasteiger partial charge in [0.25, 0.3) is 0 Å². The van der Waals surface area contributed by atoms with Gasteiger partial charge in [-0.05, 0) is 40.2 Å². The normalized spacial score (nSPS) is 10.8. The summed E-state index contributed by atoms with van der Waals surface area (Å²) < 4.78 is 0. The number of carbonyl (C=O) groups is 1. The van der Waals surface area contributed by atoms with Gasteiger partial charge < -0.3 is 5.32 Å². The van der Waals surface area contributed by atoms with Crippen molar-refractivity contribution in [1.82, 2.24) is 5.32 Å². The first kappa shape index (κ1) is 18.9. The first-order valence-corrected chi connectivity index (χ1v) is 9.62. The minimum Gasteiger partial charge on any atom is -0.355 e. The molecule has 0 heterocycles. The van der Waals surface area contributed by atoms with E-state index in [0.717, 1.165) is 12.0 Å². The van der Waals surface area contributed by atoms with Gasteiger partial charge in [-0.25, -0.2) is 0 Å². The van der Waals surface area contributed by atoms with Crippen LogP contribution in [0.25, 0.3) is 11.1 Å². The van der Waals surface area contributed by atoms with Gasteiger partial charge >= 0.3 is 0 Å². The Bertz CT molecular complexity index is 849. The van der Waals surface area contributed by atoms with Crippen LogP contribution < -0.4 is 5.32 Å². The number of amides is 1. The molecule has 1 amide bonds. The van der Waals surface area contributed by atoms with Crippen molar-refractivity contribution >= 4 is 5.91 Å². The zero-order valence-corrected chi connectivity index (χ0v) is 16.1. The molecule has 0 atom stereocenters. The molecular formula is C25H27NO. The number of carbonyl (C=O) groups excluding carboxylic acids is 1. The van der Waals surface area contributed by atoms with Gasteiger partial charge in [0.15, 0.2) is 0 Å². The van der Waals surface area contributed by atoms with Gasteiger partial charge in [0.05, 0.1) is 6.42 Å². The lowest BCUT2D eigenvalue weighted by Crippen LogP contribution is -2.27. The Balaban J connectivity index is 1.46. The molecule has 138 valence electrons. The van der Waals surface area contributed by atoms with Gasteiger partial charge in [-0.2, -0.15) is 0 Å². The third-order valence-corrected chi connectivity index (χ3v) is 4.81. The highest BCUT2D eigenvalue weighted by Crippen LogP contribution is 2.19. The molecular weight excluding hydrogens is 330 g/mol. The number of hydrogen-bond acceptors (Lipinski definition) is 1. The van der Waals surface area contributed by atoms with Crippen LogP contribution in [0, 0.1) is 0 Å². The van der Waals surface area contributed by atoms with E-state index >= 15 is 0 Å². The third-order valence-electron chi connectivity index (χ3n) is 4.81. The maximum Gasteiger partial charge on any atom is 0.224 e. The van der Waals surface area contributed by atoms with Crippen LogP contribution >= 0.6 is 0 Å². The second kappa shape index (κ2) is 9.18. The van der Waals surface area contributed by atoms with Crippen molar-refractivity contribution in [2.24, 2.45) is 0 Å². The van der Waals surface area contributed by atoms with E-state index in [2.05, 4.69) is 67.7 Å². The first-order valence-electron chi connectivity index (χ1n) is 9.62. The summed E-state index contributed by atoms with van der Waals surface area (Å²) in [5.41, 5.74) is 6.00. The monoisotopic (exact) mass is 357 g/mol. The van der Waals surface area contributed by atoms with Crippen molar-refractivity contribution in [3.63, 3.8) is 0 Å². The van der Waals surface area contributed by atoms with E-state index in [-0.39, 0.29) is 5.91 Å². The van der Waals surface area contributed by atoms with Crippen LogP contribution in [0.5, 0.6) is 0 Å². The molecule has 1 N–H and O–H groups in total. The van der Waals surface area contributed by atoms with E-state index < -0.39 is 0 Å². The molecule has 3 aromatic rings. The topological polar surface area (TPSA) is 29.1 Å². The number of hydrogen-bond donors (Lipinski definition) is 1. The molecule has 0 aromatic heterocycles. The summed E-state index contributed by atoms with van der Waals surface area (Å²) in [6, 6.07) is 27.2. The summed E-state index contributed by atoms with van der Waals surface area (Å²) in [6.07, 6.45) is 1.28. The van der Waals surface area contributed by atoms with Gasteiger partial charge in [0, 0.05) is 6.54 Å². The molecule has 2 nitrogen and oxygen atoms in total. The fraction of sp³-hybridized carbons (Fsp3) is 0.240. The molecule has 0 unspecified atom stereocenters. The lowest BCUT2D eigenvalue weighted by molar-refractivity contribution is -0.120. The average molecular weight is 357 g/mol. The van der Waals surface area contributed by atoms with Crippen LogP contribution in [0.4, 0.5) is 0 Å². The van der Waals surface area contributed by atoms with Crippen molar-refractivity contribution in [2.45, 2.75) is 32.6 Å². The summed E-state index contributed by atoms with van der Waals surface area (Å²) in [5, 5.41) is 3.02. The molecule has 0 fully saturated rings. The van der Waals surface area contributed by atoms with Crippen molar-refractivity contribution < 1.29 is 4.79 Å². The molecule has 0 spiro atoms. The molecule has 0 bridgehead atoms. The average Bonchev–Trinajstić information content (AvgIpc) is 2.69. The molecule has 0 radical (unpaired) electrons. The van der Waals surface area contributed by atoms with Crippen LogP contribution in [0.15, 0.2) is 78.9 Å². The van der Waals surface area contributed by atoms with E-state index in [0.29, 0.717) is 18.9 Å². The van der Waals surface area contributed by atoms with E-state index in [1.54, 1.807) is 0 Å². The SMILES string of the molecule is CC(C)c1ccc(CCNC(=O)Cc2ccc(-c3ccccc3)cc2)cc1. The maximum atomic E-state index is 12.2. The van der Waals surface area contributed by atoms with Gasteiger partial charge in [-0.15, -0.1) is 0 Å². The lowest BCUT2D eigenvalue weighted by Gasteiger charge is -2.08. The Hall–Kier alpha value is -2.87. The molecule has 0 aliphatic carbocycles. The Morgan fingerprint density at radius 3 is 2.00 bits per heavy atom. The molecule has 3 rings (SSSR count). The summed E-state index contributed by atoms with van der Waals surface area (Å²) in [4.78, 5) is 12.2. The smallest absolute Gasteiger partial charge is 0.224 e. The van der Waals surface area contributed by atoms with E-state index in [4.69, 9.17) is 0 Å². The van der Waals surface area contributed by atoms with Gasteiger partial charge in [0.1, 0.15) is 0 Å². The van der Waals surface area contributed by atoms with E-state index in [9.17, 15) is 4.79 Å². The predicted molar refractivity (Wildman–Crippen MR) is 113 cm³/mol. The highest BCUT2D eigenvalue weighted by Gasteiger charge is 2.05. The number of nitrogens with one attached hydrogen (secondary N) is 1. The second-order valence-corrected chi connectivity index (χ2v) is 7.24. The largest absolute Gasteiger partial charge is 0.355 e. The molecule has 2 heteroatoms. The van der Waals surface area contributed by atoms with Gasteiger partial charge in [0.2, 0.25) is 5.91 Å². The summed E-state index contributed by atoms with van der Waals surface area (Å²) in [5.74, 6) is 0.619. The minimum atomic E-state index is 0.0706. The highest BCUT2D eigenvalue weighted by atomic mass is 16.1. The predicted octanol–water partition coefficient (Wildman–Crippen LogP) is 5.38. The van der Waals surface area contributed by atoms with Crippen molar-refractivity contribution in [1.29, 1.82) is 0 Å². The summed E-state index contributed by atoms with van der Waals surface area (Å²) >= 11 is 0. The highest BCUT2D eigenvalue weighted by molar-refractivity contribution is 5.78. The lowest BCUT2D eigenvalue weighted by atomic mass is 10.0. The van der Waals surface area contributed by atoms with Crippen LogP contribution in [0.1, 0.15) is 36.5 Å². The van der Waals surface area contributed by atoms with Crippen molar-refractivity contribution in [3.05, 3.63) is 95.6 Å². The van der Waals surface area contributed by atoms with Crippen LogP contribution in [-0.4, -0.2) is 12.5 Å². The van der Waals surface area contributed by atoms with E-state index in [1.807, 2.05) is 30.3 Å². The Morgan fingerprint density at radius 1 is 0.778 bits per heavy atom. The van der Waals surface area contributed by atoms with Crippen molar-refractivity contribution in [2.75, 3.05) is 6.54 Å². The quantitative estimate of drug-likeness (QED) is 0.604. The third kappa shape index (κ3) is 5.55. The van der Waals surface area contributed by atoms with Gasteiger partial charge in [-0.3, -0.25) is 4.79 Å². The Morgan fingerprint density at radius 2 is 1.37 bits per heavy atom. The Kier molecular flexibility index (Phi) is 6.43. The van der Waals surface area contributed by atoms with Crippen molar-refractivity contribution in [3.8, 4) is 11.1 Å². The minimum absolute atomic E-state index is 0.0706.